The first kappa shape index (κ1) is 13.8. The van der Waals surface area contributed by atoms with Gasteiger partial charge in [-0.3, -0.25) is 0 Å². The fraction of sp³-hybridized carbons (Fsp3) is 0.200. The molecule has 1 unspecified atom stereocenters. The molecule has 0 amide bonds. The number of aryl methyl sites for hydroxylation is 1. The van der Waals surface area contributed by atoms with Crippen LogP contribution in [0.3, 0.4) is 0 Å². The fourth-order valence-electron chi connectivity index (χ4n) is 1.89. The Kier molecular flexibility index (Phi) is 4.73. The summed E-state index contributed by atoms with van der Waals surface area (Å²) in [6.45, 7) is 4.14. The predicted molar refractivity (Wildman–Crippen MR) is 76.5 cm³/mol. The summed E-state index contributed by atoms with van der Waals surface area (Å²) < 4.78 is 0. The van der Waals surface area contributed by atoms with E-state index in [2.05, 4.69) is 55.5 Å². The Balaban J connectivity index is 0.00000144. The van der Waals surface area contributed by atoms with Crippen LogP contribution in [0.5, 0.6) is 0 Å². The highest BCUT2D eigenvalue weighted by Crippen LogP contribution is 2.25. The Bertz CT molecular complexity index is 492. The van der Waals surface area contributed by atoms with E-state index in [9.17, 15) is 0 Å². The molecule has 90 valence electrons. The van der Waals surface area contributed by atoms with Gasteiger partial charge < -0.3 is 5.73 Å². The SMILES string of the molecule is Cc1ccccc1-c1cccc(C(C)N)c1.Cl. The van der Waals surface area contributed by atoms with Crippen LogP contribution in [0.2, 0.25) is 0 Å². The van der Waals surface area contributed by atoms with Crippen LogP contribution in [0.4, 0.5) is 0 Å². The third kappa shape index (κ3) is 3.09. The summed E-state index contributed by atoms with van der Waals surface area (Å²) in [5.74, 6) is 0. The number of halogens is 1. The first-order valence-corrected chi connectivity index (χ1v) is 5.60. The molecule has 0 bridgehead atoms. The molecule has 0 heterocycles. The van der Waals surface area contributed by atoms with Gasteiger partial charge in [0.05, 0.1) is 0 Å². The lowest BCUT2D eigenvalue weighted by Gasteiger charge is -2.10. The molecule has 0 saturated carbocycles. The van der Waals surface area contributed by atoms with Crippen molar-refractivity contribution in [1.82, 2.24) is 0 Å². The smallest absolute Gasteiger partial charge is 0.0266 e. The number of benzene rings is 2. The van der Waals surface area contributed by atoms with Crippen LogP contribution in [0.25, 0.3) is 11.1 Å². The van der Waals surface area contributed by atoms with E-state index in [0.717, 1.165) is 0 Å². The minimum Gasteiger partial charge on any atom is -0.324 e. The first-order valence-electron chi connectivity index (χ1n) is 5.60. The lowest BCUT2D eigenvalue weighted by Crippen LogP contribution is -2.04. The predicted octanol–water partition coefficient (Wildman–Crippen LogP) is 4.10. The van der Waals surface area contributed by atoms with Gasteiger partial charge in [-0.15, -0.1) is 12.4 Å². The first-order chi connectivity index (χ1) is 7.68. The molecule has 2 heteroatoms. The van der Waals surface area contributed by atoms with Crippen molar-refractivity contribution in [3.63, 3.8) is 0 Å². The summed E-state index contributed by atoms with van der Waals surface area (Å²) in [5.41, 5.74) is 10.9. The van der Waals surface area contributed by atoms with Crippen molar-refractivity contribution in [1.29, 1.82) is 0 Å². The Morgan fingerprint density at radius 2 is 1.71 bits per heavy atom. The van der Waals surface area contributed by atoms with Gasteiger partial charge in [-0.25, -0.2) is 0 Å². The van der Waals surface area contributed by atoms with Gasteiger partial charge in [-0.05, 0) is 42.2 Å². The summed E-state index contributed by atoms with van der Waals surface area (Å²) in [4.78, 5) is 0. The van der Waals surface area contributed by atoms with Crippen LogP contribution < -0.4 is 5.73 Å². The third-order valence-corrected chi connectivity index (χ3v) is 2.87. The van der Waals surface area contributed by atoms with Gasteiger partial charge >= 0.3 is 0 Å². The number of hydrogen-bond donors (Lipinski definition) is 1. The Labute approximate surface area is 109 Å². The Hall–Kier alpha value is -1.31. The van der Waals surface area contributed by atoms with Crippen molar-refractivity contribution in [2.75, 3.05) is 0 Å². The van der Waals surface area contributed by atoms with Crippen LogP contribution >= 0.6 is 12.4 Å². The number of rotatable bonds is 2. The molecule has 0 spiro atoms. The third-order valence-electron chi connectivity index (χ3n) is 2.87. The van der Waals surface area contributed by atoms with Crippen molar-refractivity contribution in [3.05, 3.63) is 59.7 Å². The molecule has 17 heavy (non-hydrogen) atoms. The van der Waals surface area contributed by atoms with Crippen molar-refractivity contribution < 1.29 is 0 Å². The molecule has 0 aromatic heterocycles. The monoisotopic (exact) mass is 247 g/mol. The summed E-state index contributed by atoms with van der Waals surface area (Å²) in [7, 11) is 0. The highest BCUT2D eigenvalue weighted by Gasteiger charge is 2.03. The van der Waals surface area contributed by atoms with Crippen molar-refractivity contribution in [2.24, 2.45) is 5.73 Å². The second-order valence-corrected chi connectivity index (χ2v) is 4.23. The average molecular weight is 248 g/mol. The lowest BCUT2D eigenvalue weighted by molar-refractivity contribution is 0.818. The van der Waals surface area contributed by atoms with E-state index in [1.165, 1.54) is 22.3 Å². The van der Waals surface area contributed by atoms with E-state index >= 15 is 0 Å². The highest BCUT2D eigenvalue weighted by atomic mass is 35.5. The summed E-state index contributed by atoms with van der Waals surface area (Å²) in [5, 5.41) is 0. The van der Waals surface area contributed by atoms with E-state index in [1.807, 2.05) is 6.92 Å². The molecule has 2 aromatic carbocycles. The van der Waals surface area contributed by atoms with Gasteiger partial charge in [0.2, 0.25) is 0 Å². The minimum atomic E-state index is 0. The van der Waals surface area contributed by atoms with E-state index in [4.69, 9.17) is 5.73 Å². The zero-order valence-corrected chi connectivity index (χ0v) is 11.0. The molecular weight excluding hydrogens is 230 g/mol. The topological polar surface area (TPSA) is 26.0 Å². The average Bonchev–Trinajstić information content (AvgIpc) is 2.30. The maximum absolute atomic E-state index is 5.90. The molecular formula is C15H18ClN. The zero-order chi connectivity index (χ0) is 11.5. The Morgan fingerprint density at radius 1 is 1.00 bits per heavy atom. The normalized spacial score (nSPS) is 11.7. The number of hydrogen-bond acceptors (Lipinski definition) is 1. The maximum Gasteiger partial charge on any atom is 0.0266 e. The second kappa shape index (κ2) is 5.85. The Morgan fingerprint density at radius 3 is 2.35 bits per heavy atom. The zero-order valence-electron chi connectivity index (χ0n) is 10.2. The second-order valence-electron chi connectivity index (χ2n) is 4.23. The molecule has 2 N–H and O–H groups in total. The molecule has 1 nitrogen and oxygen atoms in total. The van der Waals surface area contributed by atoms with Gasteiger partial charge in [0.25, 0.3) is 0 Å². The van der Waals surface area contributed by atoms with Crippen molar-refractivity contribution in [3.8, 4) is 11.1 Å². The van der Waals surface area contributed by atoms with Gasteiger partial charge in [0.1, 0.15) is 0 Å². The quantitative estimate of drug-likeness (QED) is 0.850. The van der Waals surface area contributed by atoms with E-state index in [-0.39, 0.29) is 18.4 Å². The van der Waals surface area contributed by atoms with E-state index in [1.54, 1.807) is 0 Å². The standard InChI is InChI=1S/C15H17N.ClH/c1-11-6-3-4-9-15(11)14-8-5-7-13(10-14)12(2)16;/h3-10,12H,16H2,1-2H3;1H. The maximum atomic E-state index is 5.90. The van der Waals surface area contributed by atoms with Crippen LogP contribution in [-0.2, 0) is 0 Å². The molecule has 0 aliphatic rings. The largest absolute Gasteiger partial charge is 0.324 e. The van der Waals surface area contributed by atoms with E-state index < -0.39 is 0 Å². The van der Waals surface area contributed by atoms with Crippen LogP contribution in [0.15, 0.2) is 48.5 Å². The van der Waals surface area contributed by atoms with Gasteiger partial charge in [-0.2, -0.15) is 0 Å². The number of nitrogens with two attached hydrogens (primary N) is 1. The van der Waals surface area contributed by atoms with Gasteiger partial charge in [0.15, 0.2) is 0 Å². The molecule has 0 fully saturated rings. The summed E-state index contributed by atoms with van der Waals surface area (Å²) >= 11 is 0. The summed E-state index contributed by atoms with van der Waals surface area (Å²) in [6.07, 6.45) is 0. The van der Waals surface area contributed by atoms with Crippen LogP contribution in [0.1, 0.15) is 24.1 Å². The van der Waals surface area contributed by atoms with E-state index in [0.29, 0.717) is 0 Å². The minimum absolute atomic E-state index is 0. The van der Waals surface area contributed by atoms with Crippen molar-refractivity contribution in [2.45, 2.75) is 19.9 Å². The van der Waals surface area contributed by atoms with Gasteiger partial charge in [0, 0.05) is 6.04 Å². The molecule has 0 radical (unpaired) electrons. The van der Waals surface area contributed by atoms with Gasteiger partial charge in [-0.1, -0.05) is 42.5 Å². The van der Waals surface area contributed by atoms with Crippen LogP contribution in [0, 0.1) is 6.92 Å². The summed E-state index contributed by atoms with van der Waals surface area (Å²) in [6, 6.07) is 17.0. The fourth-order valence-corrected chi connectivity index (χ4v) is 1.89. The lowest BCUT2D eigenvalue weighted by atomic mass is 9.97. The molecule has 0 aliphatic heterocycles. The molecule has 2 aromatic rings. The molecule has 2 rings (SSSR count). The van der Waals surface area contributed by atoms with Crippen molar-refractivity contribution >= 4 is 12.4 Å². The highest BCUT2D eigenvalue weighted by molar-refractivity contribution is 5.85. The molecule has 1 atom stereocenters. The molecule has 0 aliphatic carbocycles. The van der Waals surface area contributed by atoms with Crippen LogP contribution in [-0.4, -0.2) is 0 Å². The molecule has 0 saturated heterocycles.